The lowest BCUT2D eigenvalue weighted by molar-refractivity contribution is 0.102. The maximum Gasteiger partial charge on any atom is 0.255 e. The highest BCUT2D eigenvalue weighted by molar-refractivity contribution is 6.30. The first-order valence-corrected chi connectivity index (χ1v) is 10.8. The Morgan fingerprint density at radius 1 is 1.06 bits per heavy atom. The molecule has 3 atom stereocenters. The summed E-state index contributed by atoms with van der Waals surface area (Å²) in [5.74, 6) is 1.33. The van der Waals surface area contributed by atoms with E-state index in [1.165, 1.54) is 11.1 Å². The average molecular weight is 431 g/mol. The van der Waals surface area contributed by atoms with Crippen LogP contribution in [0.25, 0.3) is 0 Å². The summed E-state index contributed by atoms with van der Waals surface area (Å²) in [7, 11) is 1.62. The number of benzene rings is 3. The zero-order valence-corrected chi connectivity index (χ0v) is 17.9. The number of methoxy groups -OCH3 is 1. The van der Waals surface area contributed by atoms with Gasteiger partial charge in [0.05, 0.1) is 13.2 Å². The molecule has 4 nitrogen and oxygen atoms in total. The van der Waals surface area contributed by atoms with Crippen LogP contribution in [0.5, 0.6) is 5.75 Å². The molecule has 0 saturated heterocycles. The first kappa shape index (κ1) is 19.7. The van der Waals surface area contributed by atoms with Gasteiger partial charge in [-0.15, -0.1) is 0 Å². The van der Waals surface area contributed by atoms with Gasteiger partial charge in [-0.25, -0.2) is 0 Å². The zero-order valence-electron chi connectivity index (χ0n) is 17.1. The van der Waals surface area contributed by atoms with Crippen molar-refractivity contribution in [3.05, 3.63) is 101 Å². The summed E-state index contributed by atoms with van der Waals surface area (Å²) in [4.78, 5) is 12.9. The lowest BCUT2D eigenvalue weighted by atomic mass is 9.76. The molecular weight excluding hydrogens is 408 g/mol. The summed E-state index contributed by atoms with van der Waals surface area (Å²) in [5.41, 5.74) is 4.87. The molecule has 156 valence electrons. The van der Waals surface area contributed by atoms with Gasteiger partial charge in [0.1, 0.15) is 5.75 Å². The van der Waals surface area contributed by atoms with E-state index in [4.69, 9.17) is 16.3 Å². The van der Waals surface area contributed by atoms with Gasteiger partial charge in [-0.05, 0) is 78.1 Å². The number of rotatable bonds is 4. The quantitative estimate of drug-likeness (QED) is 0.469. The van der Waals surface area contributed by atoms with Gasteiger partial charge in [-0.3, -0.25) is 4.79 Å². The maximum atomic E-state index is 12.9. The lowest BCUT2D eigenvalue weighted by Gasteiger charge is -2.37. The number of carbonyl (C=O) groups excluding carboxylic acids is 1. The fraction of sp³-hybridized carbons (Fsp3) is 0.192. The van der Waals surface area contributed by atoms with Crippen LogP contribution in [0.1, 0.15) is 39.9 Å². The summed E-state index contributed by atoms with van der Waals surface area (Å²) in [6, 6.07) is 21.5. The van der Waals surface area contributed by atoms with Crippen molar-refractivity contribution in [3.8, 4) is 5.75 Å². The second kappa shape index (κ2) is 8.12. The molecule has 2 N–H and O–H groups in total. The van der Waals surface area contributed by atoms with Crippen LogP contribution >= 0.6 is 11.6 Å². The first-order valence-electron chi connectivity index (χ1n) is 10.4. The molecule has 0 radical (unpaired) electrons. The summed E-state index contributed by atoms with van der Waals surface area (Å²) in [6.07, 6.45) is 5.53. The Morgan fingerprint density at radius 2 is 1.84 bits per heavy atom. The molecule has 3 aromatic rings. The van der Waals surface area contributed by atoms with Crippen molar-refractivity contribution in [2.45, 2.75) is 18.4 Å². The molecule has 1 heterocycles. The summed E-state index contributed by atoms with van der Waals surface area (Å²) in [6.45, 7) is 0. The van der Waals surface area contributed by atoms with Crippen LogP contribution in [0.2, 0.25) is 5.02 Å². The van der Waals surface area contributed by atoms with Crippen molar-refractivity contribution in [3.63, 3.8) is 0 Å². The Hall–Kier alpha value is -3.24. The van der Waals surface area contributed by atoms with E-state index in [0.717, 1.165) is 28.6 Å². The fourth-order valence-electron chi connectivity index (χ4n) is 4.61. The van der Waals surface area contributed by atoms with Crippen molar-refractivity contribution >= 4 is 28.9 Å². The molecule has 0 bridgehead atoms. The van der Waals surface area contributed by atoms with Crippen molar-refractivity contribution in [2.75, 3.05) is 17.7 Å². The monoisotopic (exact) mass is 430 g/mol. The predicted octanol–water partition coefficient (Wildman–Crippen LogP) is 6.43. The van der Waals surface area contributed by atoms with E-state index in [2.05, 4.69) is 34.9 Å². The summed E-state index contributed by atoms with van der Waals surface area (Å²) < 4.78 is 5.17. The number of ether oxygens (including phenoxy) is 1. The molecule has 5 rings (SSSR count). The molecular formula is C26H23ClN2O2. The molecule has 1 aliphatic carbocycles. The van der Waals surface area contributed by atoms with Gasteiger partial charge in [0.2, 0.25) is 0 Å². The van der Waals surface area contributed by atoms with Crippen molar-refractivity contribution < 1.29 is 9.53 Å². The smallest absolute Gasteiger partial charge is 0.255 e. The van der Waals surface area contributed by atoms with Crippen LogP contribution in [0.4, 0.5) is 11.4 Å². The van der Waals surface area contributed by atoms with E-state index in [1.54, 1.807) is 7.11 Å². The van der Waals surface area contributed by atoms with Crippen LogP contribution in [0.3, 0.4) is 0 Å². The predicted molar refractivity (Wildman–Crippen MR) is 125 cm³/mol. The minimum atomic E-state index is -0.119. The van der Waals surface area contributed by atoms with Gasteiger partial charge in [-0.2, -0.15) is 0 Å². The molecule has 0 spiro atoms. The molecule has 1 amide bonds. The Labute approximate surface area is 186 Å². The highest BCUT2D eigenvalue weighted by atomic mass is 35.5. The second-order valence-corrected chi connectivity index (χ2v) is 8.45. The Bertz CT molecular complexity index is 1140. The van der Waals surface area contributed by atoms with E-state index in [9.17, 15) is 4.79 Å². The molecule has 0 fully saturated rings. The average Bonchev–Trinajstić information content (AvgIpc) is 3.30. The van der Waals surface area contributed by atoms with Crippen molar-refractivity contribution in [1.82, 2.24) is 0 Å². The molecule has 2 aliphatic rings. The highest BCUT2D eigenvalue weighted by Crippen LogP contribution is 2.50. The fourth-order valence-corrected chi connectivity index (χ4v) is 4.74. The molecule has 0 aromatic heterocycles. The number of hydrogen-bond donors (Lipinski definition) is 2. The number of carbonyl (C=O) groups is 1. The number of allylic oxidation sites excluding steroid dienone is 2. The molecule has 3 aromatic carbocycles. The van der Waals surface area contributed by atoms with Gasteiger partial charge in [0.15, 0.2) is 0 Å². The number of anilines is 2. The third-order valence-electron chi connectivity index (χ3n) is 6.20. The minimum Gasteiger partial charge on any atom is -0.497 e. The maximum absolute atomic E-state index is 12.9. The van der Waals surface area contributed by atoms with Gasteiger partial charge in [0, 0.05) is 27.9 Å². The number of fused-ring (bicyclic) bond motifs is 3. The molecule has 0 saturated carbocycles. The zero-order chi connectivity index (χ0) is 21.4. The summed E-state index contributed by atoms with van der Waals surface area (Å²) in [5, 5.41) is 7.42. The largest absolute Gasteiger partial charge is 0.497 e. The third-order valence-corrected chi connectivity index (χ3v) is 6.45. The minimum absolute atomic E-state index is 0.119. The van der Waals surface area contributed by atoms with E-state index >= 15 is 0 Å². The SMILES string of the molecule is COc1ccc(NC(=O)c2ccc3c(c2)[C@H]2C=CC[C@H]2[C@H](c2ccc(Cl)cc2)N3)cc1. The van der Waals surface area contributed by atoms with Crippen molar-refractivity contribution in [1.29, 1.82) is 0 Å². The van der Waals surface area contributed by atoms with Crippen LogP contribution in [0, 0.1) is 5.92 Å². The number of hydrogen-bond acceptors (Lipinski definition) is 3. The Kier molecular flexibility index (Phi) is 5.16. The normalized spacial score (nSPS) is 21.0. The van der Waals surface area contributed by atoms with Crippen LogP contribution in [-0.2, 0) is 0 Å². The van der Waals surface area contributed by atoms with Crippen molar-refractivity contribution in [2.24, 2.45) is 5.92 Å². The Balaban J connectivity index is 1.41. The van der Waals surface area contributed by atoms with E-state index in [0.29, 0.717) is 11.5 Å². The van der Waals surface area contributed by atoms with Crippen LogP contribution < -0.4 is 15.4 Å². The van der Waals surface area contributed by atoms with E-state index in [1.807, 2.05) is 54.6 Å². The number of nitrogens with one attached hydrogen (secondary N) is 2. The third kappa shape index (κ3) is 3.79. The van der Waals surface area contributed by atoms with Gasteiger partial charge >= 0.3 is 0 Å². The number of halogens is 1. The number of amides is 1. The topological polar surface area (TPSA) is 50.4 Å². The molecule has 31 heavy (non-hydrogen) atoms. The van der Waals surface area contributed by atoms with Gasteiger partial charge in [0.25, 0.3) is 5.91 Å². The molecule has 5 heteroatoms. The van der Waals surface area contributed by atoms with Gasteiger partial charge in [-0.1, -0.05) is 35.9 Å². The second-order valence-electron chi connectivity index (χ2n) is 8.01. The highest BCUT2D eigenvalue weighted by Gasteiger charge is 2.38. The van der Waals surface area contributed by atoms with Gasteiger partial charge < -0.3 is 15.4 Å². The standard InChI is InChI=1S/C26H23ClN2O2/c1-31-20-12-10-19(11-13-20)28-26(30)17-7-14-24-23(15-17)21-3-2-4-22(21)25(29-24)16-5-8-18(27)9-6-16/h2-3,5-15,21-22,25,29H,4H2,1H3,(H,28,30)/t21-,22+,25-/m0/s1. The first-order chi connectivity index (χ1) is 15.1. The van der Waals surface area contributed by atoms with E-state index < -0.39 is 0 Å². The molecule has 1 aliphatic heterocycles. The lowest BCUT2D eigenvalue weighted by Crippen LogP contribution is -2.29. The Morgan fingerprint density at radius 3 is 2.58 bits per heavy atom. The van der Waals surface area contributed by atoms with Crippen LogP contribution in [-0.4, -0.2) is 13.0 Å². The molecule has 0 unspecified atom stereocenters. The van der Waals surface area contributed by atoms with Crippen LogP contribution in [0.15, 0.2) is 78.9 Å². The summed E-state index contributed by atoms with van der Waals surface area (Å²) >= 11 is 6.09. The van der Waals surface area contributed by atoms with E-state index in [-0.39, 0.29) is 17.9 Å².